The topological polar surface area (TPSA) is 21.3 Å². The Morgan fingerprint density at radius 1 is 0.471 bits per heavy atom. The lowest BCUT2D eigenvalue weighted by Crippen LogP contribution is -2.12. The first-order valence-electron chi connectivity index (χ1n) is 23.8. The SMILES string of the molecule is CC.CCCCCCCCCCCCCCCCC(=CC(C)C(C)C(C)C)CCCCCCCCCCCCCCCC.CNCCCCOC. The van der Waals surface area contributed by atoms with E-state index >= 15 is 0 Å². The van der Waals surface area contributed by atoms with E-state index in [0.29, 0.717) is 0 Å². The van der Waals surface area contributed by atoms with Crippen LogP contribution in [0.15, 0.2) is 11.6 Å². The summed E-state index contributed by atoms with van der Waals surface area (Å²) in [6.45, 7) is 20.3. The van der Waals surface area contributed by atoms with Crippen molar-refractivity contribution in [1.29, 1.82) is 0 Å². The van der Waals surface area contributed by atoms with Gasteiger partial charge in [0, 0.05) is 13.7 Å². The number of rotatable bonds is 38. The predicted octanol–water partition coefficient (Wildman–Crippen LogP) is 17.2. The van der Waals surface area contributed by atoms with Gasteiger partial charge in [-0.05, 0) is 69.9 Å². The Morgan fingerprint density at radius 3 is 1.06 bits per heavy atom. The third-order valence-electron chi connectivity index (χ3n) is 11.1. The Morgan fingerprint density at radius 2 is 0.784 bits per heavy atom. The van der Waals surface area contributed by atoms with Crippen LogP contribution >= 0.6 is 0 Å². The highest BCUT2D eigenvalue weighted by atomic mass is 16.5. The lowest BCUT2D eigenvalue weighted by Gasteiger charge is -2.22. The van der Waals surface area contributed by atoms with E-state index in [9.17, 15) is 0 Å². The van der Waals surface area contributed by atoms with Gasteiger partial charge in [-0.3, -0.25) is 0 Å². The molecule has 310 valence electrons. The molecule has 2 unspecified atom stereocenters. The molecule has 0 amide bonds. The second-order valence-electron chi connectivity index (χ2n) is 16.3. The van der Waals surface area contributed by atoms with Crippen LogP contribution < -0.4 is 5.32 Å². The van der Waals surface area contributed by atoms with Crippen molar-refractivity contribution < 1.29 is 4.74 Å². The van der Waals surface area contributed by atoms with Crippen molar-refractivity contribution in [2.45, 2.75) is 261 Å². The lowest BCUT2D eigenvalue weighted by atomic mass is 9.84. The molecule has 0 spiro atoms. The molecule has 0 heterocycles. The van der Waals surface area contributed by atoms with E-state index < -0.39 is 0 Å². The molecule has 0 rings (SSSR count). The van der Waals surface area contributed by atoms with Crippen LogP contribution in [0.25, 0.3) is 0 Å². The van der Waals surface area contributed by atoms with Gasteiger partial charge >= 0.3 is 0 Å². The third-order valence-corrected chi connectivity index (χ3v) is 11.1. The van der Waals surface area contributed by atoms with Gasteiger partial charge in [0.15, 0.2) is 0 Å². The first kappa shape index (κ1) is 55.0. The lowest BCUT2D eigenvalue weighted by molar-refractivity contribution is 0.193. The van der Waals surface area contributed by atoms with Gasteiger partial charge in [-0.25, -0.2) is 0 Å². The quantitative estimate of drug-likeness (QED) is 0.0506. The molecule has 1 N–H and O–H groups in total. The highest BCUT2D eigenvalue weighted by molar-refractivity contribution is 5.05. The number of ether oxygens (including phenoxy) is 1. The summed E-state index contributed by atoms with van der Waals surface area (Å²) in [5, 5.41) is 3.07. The third kappa shape index (κ3) is 47.6. The molecule has 0 bridgehead atoms. The minimum atomic E-state index is 0.725. The van der Waals surface area contributed by atoms with E-state index in [0.717, 1.165) is 37.3 Å². The van der Waals surface area contributed by atoms with Gasteiger partial charge in [0.25, 0.3) is 0 Å². The molecule has 2 atom stereocenters. The maximum atomic E-state index is 4.86. The van der Waals surface area contributed by atoms with Crippen molar-refractivity contribution in [3.8, 4) is 0 Å². The average Bonchev–Trinajstić information content (AvgIpc) is 3.14. The van der Waals surface area contributed by atoms with E-state index in [1.54, 1.807) is 12.7 Å². The Bertz CT molecular complexity index is 573. The number of hydrogen-bond acceptors (Lipinski definition) is 2. The summed E-state index contributed by atoms with van der Waals surface area (Å²) >= 11 is 0. The molecular formula is C49H103NO. The van der Waals surface area contributed by atoms with E-state index in [-0.39, 0.29) is 0 Å². The summed E-state index contributed by atoms with van der Waals surface area (Å²) < 4.78 is 4.86. The number of unbranched alkanes of at least 4 members (excludes halogenated alkanes) is 27. The molecule has 0 saturated carbocycles. The summed E-state index contributed by atoms with van der Waals surface area (Å²) in [5.74, 6) is 2.30. The van der Waals surface area contributed by atoms with Crippen LogP contribution in [0, 0.1) is 17.8 Å². The van der Waals surface area contributed by atoms with Gasteiger partial charge in [-0.15, -0.1) is 0 Å². The number of nitrogens with one attached hydrogen (secondary N) is 1. The molecule has 2 heteroatoms. The van der Waals surface area contributed by atoms with E-state index in [4.69, 9.17) is 4.74 Å². The second-order valence-corrected chi connectivity index (χ2v) is 16.3. The van der Waals surface area contributed by atoms with Crippen LogP contribution in [-0.2, 0) is 4.74 Å². The molecule has 51 heavy (non-hydrogen) atoms. The zero-order valence-corrected chi connectivity index (χ0v) is 37.8. The molecule has 0 saturated heterocycles. The summed E-state index contributed by atoms with van der Waals surface area (Å²) in [6.07, 6.45) is 48.6. The molecule has 0 aliphatic heterocycles. The molecule has 0 aliphatic carbocycles. The fourth-order valence-corrected chi connectivity index (χ4v) is 7.06. The highest BCUT2D eigenvalue weighted by Gasteiger charge is 2.14. The zero-order valence-electron chi connectivity index (χ0n) is 37.8. The maximum Gasteiger partial charge on any atom is 0.0462 e. The Kier molecular flexibility index (Phi) is 53.6. The molecule has 2 nitrogen and oxygen atoms in total. The van der Waals surface area contributed by atoms with Gasteiger partial charge in [-0.2, -0.15) is 0 Å². The molecule has 0 radical (unpaired) electrons. The Labute approximate surface area is 326 Å². The van der Waals surface area contributed by atoms with Gasteiger partial charge in [0.1, 0.15) is 0 Å². The average molecular weight is 722 g/mol. The number of allylic oxidation sites excluding steroid dienone is 2. The van der Waals surface area contributed by atoms with Crippen molar-refractivity contribution in [3.05, 3.63) is 11.6 Å². The largest absolute Gasteiger partial charge is 0.385 e. The summed E-state index contributed by atoms with van der Waals surface area (Å²) in [5.41, 5.74) is 1.79. The van der Waals surface area contributed by atoms with Crippen LogP contribution in [0.1, 0.15) is 261 Å². The van der Waals surface area contributed by atoms with Gasteiger partial charge in [0.2, 0.25) is 0 Å². The number of methoxy groups -OCH3 is 1. The van der Waals surface area contributed by atoms with E-state index in [1.165, 1.54) is 199 Å². The van der Waals surface area contributed by atoms with Crippen molar-refractivity contribution in [1.82, 2.24) is 5.32 Å². The van der Waals surface area contributed by atoms with Crippen LogP contribution in [0.2, 0.25) is 0 Å². The first-order chi connectivity index (χ1) is 24.9. The normalized spacial score (nSPS) is 12.2. The van der Waals surface area contributed by atoms with Gasteiger partial charge < -0.3 is 10.1 Å². The minimum Gasteiger partial charge on any atom is -0.385 e. The first-order valence-corrected chi connectivity index (χ1v) is 23.8. The minimum absolute atomic E-state index is 0.725. The monoisotopic (exact) mass is 722 g/mol. The fourth-order valence-electron chi connectivity index (χ4n) is 7.06. The smallest absolute Gasteiger partial charge is 0.0462 e. The highest BCUT2D eigenvalue weighted by Crippen LogP contribution is 2.26. The van der Waals surface area contributed by atoms with E-state index in [1.807, 2.05) is 20.9 Å². The predicted molar refractivity (Wildman–Crippen MR) is 237 cm³/mol. The van der Waals surface area contributed by atoms with Crippen LogP contribution in [0.4, 0.5) is 0 Å². The standard InChI is InChI=1S/C41H82.C6H15NO.C2H6/c1-7-9-11-13-15-17-19-21-23-25-27-29-31-33-35-41(37-39(5)40(6)38(3)4)36-34-32-30-28-26-24-22-20-18-16-14-12-10-8-2;1-7-5-3-4-6-8-2;1-2/h37-40H,7-36H2,1-6H3;7H,3-6H2,1-2H3;1-2H3. The molecule has 0 aliphatic rings. The Balaban J connectivity index is -0.00000201. The number of hydrogen-bond donors (Lipinski definition) is 1. The molecular weight excluding hydrogens is 619 g/mol. The van der Waals surface area contributed by atoms with Gasteiger partial charge in [0.05, 0.1) is 0 Å². The summed E-state index contributed by atoms with van der Waals surface area (Å²) in [4.78, 5) is 0. The second kappa shape index (κ2) is 49.7. The van der Waals surface area contributed by atoms with Crippen molar-refractivity contribution >= 4 is 0 Å². The zero-order chi connectivity index (χ0) is 38.5. The van der Waals surface area contributed by atoms with Gasteiger partial charge in [-0.1, -0.05) is 234 Å². The van der Waals surface area contributed by atoms with Crippen LogP contribution in [0.5, 0.6) is 0 Å². The van der Waals surface area contributed by atoms with Crippen LogP contribution in [0.3, 0.4) is 0 Å². The summed E-state index contributed by atoms with van der Waals surface area (Å²) in [7, 11) is 3.70. The maximum absolute atomic E-state index is 4.86. The van der Waals surface area contributed by atoms with Crippen LogP contribution in [-0.4, -0.2) is 27.3 Å². The van der Waals surface area contributed by atoms with Crippen molar-refractivity contribution in [2.24, 2.45) is 17.8 Å². The molecule has 0 aromatic heterocycles. The Hall–Kier alpha value is -0.340. The van der Waals surface area contributed by atoms with E-state index in [2.05, 4.69) is 52.9 Å². The summed E-state index contributed by atoms with van der Waals surface area (Å²) in [6, 6.07) is 0. The molecule has 0 aromatic carbocycles. The van der Waals surface area contributed by atoms with Crippen molar-refractivity contribution in [2.75, 3.05) is 27.3 Å². The molecule has 0 fully saturated rings. The molecule has 0 aromatic rings. The fraction of sp³-hybridized carbons (Fsp3) is 0.959. The van der Waals surface area contributed by atoms with Crippen molar-refractivity contribution in [3.63, 3.8) is 0 Å².